The van der Waals surface area contributed by atoms with Crippen LogP contribution in [0, 0.1) is 13.8 Å². The van der Waals surface area contributed by atoms with Crippen LogP contribution in [0.25, 0.3) is 10.9 Å². The second kappa shape index (κ2) is 5.05. The van der Waals surface area contributed by atoms with E-state index in [9.17, 15) is 4.79 Å². The molecule has 0 bridgehead atoms. The molecule has 0 saturated carbocycles. The average Bonchev–Trinajstić information content (AvgIpc) is 3.02. The summed E-state index contributed by atoms with van der Waals surface area (Å²) in [6.07, 6.45) is 1.74. The minimum atomic E-state index is -0.103. The molecule has 3 aromatic rings. The third-order valence-electron chi connectivity index (χ3n) is 3.79. The molecule has 0 aliphatic heterocycles. The van der Waals surface area contributed by atoms with E-state index in [0.29, 0.717) is 12.1 Å². The van der Waals surface area contributed by atoms with E-state index in [0.717, 1.165) is 27.9 Å². The maximum atomic E-state index is 12.2. The maximum absolute atomic E-state index is 12.2. The summed E-state index contributed by atoms with van der Waals surface area (Å²) < 4.78 is 1.83. The molecule has 1 aromatic carbocycles. The van der Waals surface area contributed by atoms with E-state index >= 15 is 0 Å². The number of carbonyl (C=O) groups excluding carboxylic acids is 1. The molecule has 0 radical (unpaired) electrons. The number of aromatic amines is 1. The summed E-state index contributed by atoms with van der Waals surface area (Å²) >= 11 is 0. The van der Waals surface area contributed by atoms with Crippen molar-refractivity contribution in [3.05, 3.63) is 46.9 Å². The van der Waals surface area contributed by atoms with Crippen LogP contribution < -0.4 is 5.32 Å². The summed E-state index contributed by atoms with van der Waals surface area (Å²) in [5.74, 6) is -0.103. The topological polar surface area (TPSA) is 75.6 Å². The van der Waals surface area contributed by atoms with Gasteiger partial charge in [-0.15, -0.1) is 0 Å². The Balaban J connectivity index is 1.76. The van der Waals surface area contributed by atoms with Crippen LogP contribution >= 0.6 is 0 Å². The average molecular weight is 283 g/mol. The Morgan fingerprint density at radius 3 is 2.90 bits per heavy atom. The first kappa shape index (κ1) is 13.4. The Bertz CT molecular complexity index is 815. The number of hydrogen-bond acceptors (Lipinski definition) is 3. The van der Waals surface area contributed by atoms with Crippen molar-refractivity contribution in [2.45, 2.75) is 20.4 Å². The minimum absolute atomic E-state index is 0.103. The third-order valence-corrected chi connectivity index (χ3v) is 3.79. The predicted molar refractivity (Wildman–Crippen MR) is 79.9 cm³/mol. The highest BCUT2D eigenvalue weighted by Crippen LogP contribution is 2.14. The van der Waals surface area contributed by atoms with Gasteiger partial charge in [0.05, 0.1) is 17.4 Å². The summed E-state index contributed by atoms with van der Waals surface area (Å²) in [6.45, 7) is 4.43. The summed E-state index contributed by atoms with van der Waals surface area (Å²) in [6, 6.07) is 5.49. The van der Waals surface area contributed by atoms with Crippen LogP contribution in [0.1, 0.15) is 27.3 Å². The summed E-state index contributed by atoms with van der Waals surface area (Å²) in [5, 5.41) is 15.1. The number of hydrogen-bond donors (Lipinski definition) is 2. The Labute approximate surface area is 122 Å². The number of fused-ring (bicyclic) bond motifs is 1. The van der Waals surface area contributed by atoms with E-state index in [2.05, 4.69) is 20.6 Å². The lowest BCUT2D eigenvalue weighted by Gasteiger charge is -2.06. The van der Waals surface area contributed by atoms with Gasteiger partial charge in [0.25, 0.3) is 5.91 Å². The lowest BCUT2D eigenvalue weighted by atomic mass is 10.1. The van der Waals surface area contributed by atoms with Crippen molar-refractivity contribution in [3.8, 4) is 0 Å². The lowest BCUT2D eigenvalue weighted by Crippen LogP contribution is -2.23. The van der Waals surface area contributed by atoms with E-state index in [1.54, 1.807) is 18.3 Å². The monoisotopic (exact) mass is 283 g/mol. The molecule has 21 heavy (non-hydrogen) atoms. The maximum Gasteiger partial charge on any atom is 0.251 e. The smallest absolute Gasteiger partial charge is 0.251 e. The highest BCUT2D eigenvalue weighted by Gasteiger charge is 2.12. The van der Waals surface area contributed by atoms with Crippen molar-refractivity contribution in [2.75, 3.05) is 0 Å². The summed E-state index contributed by atoms with van der Waals surface area (Å²) in [5.41, 5.74) is 4.55. The molecule has 0 saturated heterocycles. The molecule has 2 N–H and O–H groups in total. The standard InChI is InChI=1S/C15H17N5O/c1-9-13(10(2)20(3)19-9)8-16-15(21)11-4-5-12-7-17-18-14(12)6-11/h4-7H,8H2,1-3H3,(H,16,21)(H,17,18). The molecule has 0 unspecified atom stereocenters. The fourth-order valence-corrected chi connectivity index (χ4v) is 2.42. The highest BCUT2D eigenvalue weighted by molar-refractivity contribution is 5.97. The molecule has 6 nitrogen and oxygen atoms in total. The van der Waals surface area contributed by atoms with Crippen LogP contribution in [-0.2, 0) is 13.6 Å². The first-order valence-corrected chi connectivity index (χ1v) is 6.76. The van der Waals surface area contributed by atoms with Crippen LogP contribution in [0.4, 0.5) is 0 Å². The first-order chi connectivity index (χ1) is 10.1. The predicted octanol–water partition coefficient (Wildman–Crippen LogP) is 1.84. The van der Waals surface area contributed by atoms with Crippen LogP contribution in [0.15, 0.2) is 24.4 Å². The van der Waals surface area contributed by atoms with Gasteiger partial charge in [-0.1, -0.05) is 6.07 Å². The molecular weight excluding hydrogens is 266 g/mol. The molecule has 1 amide bonds. The van der Waals surface area contributed by atoms with Crippen molar-refractivity contribution >= 4 is 16.8 Å². The van der Waals surface area contributed by atoms with E-state index in [4.69, 9.17) is 0 Å². The van der Waals surface area contributed by atoms with Gasteiger partial charge >= 0.3 is 0 Å². The van der Waals surface area contributed by atoms with E-state index in [1.165, 1.54) is 0 Å². The molecule has 0 fully saturated rings. The fraction of sp³-hybridized carbons (Fsp3) is 0.267. The number of aryl methyl sites for hydroxylation is 2. The van der Waals surface area contributed by atoms with Crippen molar-refractivity contribution in [2.24, 2.45) is 7.05 Å². The second-order valence-corrected chi connectivity index (χ2v) is 5.13. The number of rotatable bonds is 3. The number of carbonyl (C=O) groups is 1. The molecule has 0 aliphatic carbocycles. The Morgan fingerprint density at radius 2 is 2.19 bits per heavy atom. The zero-order valence-electron chi connectivity index (χ0n) is 12.3. The van der Waals surface area contributed by atoms with E-state index < -0.39 is 0 Å². The quantitative estimate of drug-likeness (QED) is 0.770. The van der Waals surface area contributed by atoms with Crippen LogP contribution in [0.5, 0.6) is 0 Å². The Hall–Kier alpha value is -2.63. The zero-order valence-corrected chi connectivity index (χ0v) is 12.3. The number of nitrogens with zero attached hydrogens (tertiary/aromatic N) is 3. The first-order valence-electron chi connectivity index (χ1n) is 6.76. The largest absolute Gasteiger partial charge is 0.348 e. The van der Waals surface area contributed by atoms with Crippen molar-refractivity contribution in [1.82, 2.24) is 25.3 Å². The van der Waals surface area contributed by atoms with Gasteiger partial charge in [-0.3, -0.25) is 14.6 Å². The van der Waals surface area contributed by atoms with Gasteiger partial charge < -0.3 is 5.32 Å². The number of aromatic nitrogens is 4. The molecular formula is C15H17N5O. The zero-order chi connectivity index (χ0) is 15.0. The SMILES string of the molecule is Cc1nn(C)c(C)c1CNC(=O)c1ccc2cn[nH]c2c1. The molecule has 6 heteroatoms. The van der Waals surface area contributed by atoms with Gasteiger partial charge in [-0.25, -0.2) is 0 Å². The molecule has 3 rings (SSSR count). The van der Waals surface area contributed by atoms with Crippen molar-refractivity contribution in [3.63, 3.8) is 0 Å². The molecule has 2 heterocycles. The van der Waals surface area contributed by atoms with Gasteiger partial charge in [-0.2, -0.15) is 10.2 Å². The Morgan fingerprint density at radius 1 is 1.38 bits per heavy atom. The van der Waals surface area contributed by atoms with E-state index in [-0.39, 0.29) is 5.91 Å². The minimum Gasteiger partial charge on any atom is -0.348 e. The Kier molecular flexibility index (Phi) is 3.21. The van der Waals surface area contributed by atoms with Crippen LogP contribution in [0.3, 0.4) is 0 Å². The van der Waals surface area contributed by atoms with Crippen LogP contribution in [0.2, 0.25) is 0 Å². The number of H-pyrrole nitrogens is 1. The van der Waals surface area contributed by atoms with Gasteiger partial charge in [0.2, 0.25) is 0 Å². The third kappa shape index (κ3) is 2.40. The second-order valence-electron chi connectivity index (χ2n) is 5.13. The molecule has 0 spiro atoms. The summed E-state index contributed by atoms with van der Waals surface area (Å²) in [7, 11) is 1.90. The van der Waals surface area contributed by atoms with Crippen LogP contribution in [-0.4, -0.2) is 25.9 Å². The van der Waals surface area contributed by atoms with Gasteiger partial charge in [0, 0.05) is 35.8 Å². The molecule has 108 valence electrons. The fourth-order valence-electron chi connectivity index (χ4n) is 2.42. The number of amides is 1. The lowest BCUT2D eigenvalue weighted by molar-refractivity contribution is 0.0951. The normalized spacial score (nSPS) is 11.0. The molecule has 2 aromatic heterocycles. The van der Waals surface area contributed by atoms with Crippen molar-refractivity contribution < 1.29 is 4.79 Å². The van der Waals surface area contributed by atoms with Gasteiger partial charge in [0.15, 0.2) is 0 Å². The van der Waals surface area contributed by atoms with Gasteiger partial charge in [0.1, 0.15) is 0 Å². The van der Waals surface area contributed by atoms with E-state index in [1.807, 2.05) is 31.6 Å². The summed E-state index contributed by atoms with van der Waals surface area (Å²) in [4.78, 5) is 12.2. The molecule has 0 atom stereocenters. The van der Waals surface area contributed by atoms with Gasteiger partial charge in [-0.05, 0) is 26.0 Å². The molecule has 0 aliphatic rings. The highest BCUT2D eigenvalue weighted by atomic mass is 16.1. The number of nitrogens with one attached hydrogen (secondary N) is 2. The number of benzene rings is 1. The van der Waals surface area contributed by atoms with Crippen molar-refractivity contribution in [1.29, 1.82) is 0 Å².